The average Bonchev–Trinajstić information content (AvgIpc) is 2.87. The van der Waals surface area contributed by atoms with E-state index in [1.54, 1.807) is 6.08 Å². The number of nitrogens with two attached hydrogens (primary N) is 1. The first-order valence-electron chi connectivity index (χ1n) is 8.94. The molecule has 0 bridgehead atoms. The summed E-state index contributed by atoms with van der Waals surface area (Å²) in [5.74, 6) is 0. The Morgan fingerprint density at radius 3 is 2.22 bits per heavy atom. The van der Waals surface area contributed by atoms with Crippen LogP contribution in [0.5, 0.6) is 0 Å². The lowest BCUT2D eigenvalue weighted by molar-refractivity contribution is 0.317. The van der Waals surface area contributed by atoms with Gasteiger partial charge in [0.05, 0.1) is 11.4 Å². The van der Waals surface area contributed by atoms with E-state index in [9.17, 15) is 4.79 Å². The van der Waals surface area contributed by atoms with Crippen LogP contribution in [0.15, 0.2) is 17.4 Å². The molecule has 1 aliphatic rings. The van der Waals surface area contributed by atoms with Crippen molar-refractivity contribution in [1.82, 2.24) is 9.55 Å². The second-order valence-electron chi connectivity index (χ2n) is 5.58. The van der Waals surface area contributed by atoms with Gasteiger partial charge in [-0.1, -0.05) is 46.8 Å². The third-order valence-electron chi connectivity index (χ3n) is 3.63. The van der Waals surface area contributed by atoms with E-state index in [-0.39, 0.29) is 17.8 Å². The number of aromatic amines is 1. The standard InChI is InChI=1S/C14H21N3O.C3H8.C2H6/c1-3-5-12-13(4-2)17(14(18)16-12)11-8-6-10(15)7-9-11;1-3-2;1-2/h3-5,10-11H,2,6-9,15H2,1H3,(H,16,18);3H2,1-2H3;1-2H3/b5-3-;;. The molecule has 4 heteroatoms. The van der Waals surface area contributed by atoms with Crippen LogP contribution in [0, 0.1) is 0 Å². The van der Waals surface area contributed by atoms with Crippen molar-refractivity contribution in [2.45, 2.75) is 78.8 Å². The predicted molar refractivity (Wildman–Crippen MR) is 103 cm³/mol. The summed E-state index contributed by atoms with van der Waals surface area (Å²) >= 11 is 0. The van der Waals surface area contributed by atoms with Gasteiger partial charge in [0.2, 0.25) is 0 Å². The highest BCUT2D eigenvalue weighted by molar-refractivity contribution is 5.58. The highest BCUT2D eigenvalue weighted by Crippen LogP contribution is 2.28. The molecular weight excluding hydrogens is 286 g/mol. The van der Waals surface area contributed by atoms with Gasteiger partial charge in [-0.25, -0.2) is 4.79 Å². The maximum Gasteiger partial charge on any atom is 0.326 e. The predicted octanol–water partition coefficient (Wildman–Crippen LogP) is 4.74. The molecule has 1 fully saturated rings. The molecule has 1 heterocycles. The van der Waals surface area contributed by atoms with E-state index < -0.39 is 0 Å². The van der Waals surface area contributed by atoms with Gasteiger partial charge in [-0.2, -0.15) is 0 Å². The molecule has 132 valence electrons. The second-order valence-corrected chi connectivity index (χ2v) is 5.58. The normalized spacial score (nSPS) is 20.3. The first-order valence-corrected chi connectivity index (χ1v) is 8.94. The summed E-state index contributed by atoms with van der Waals surface area (Å²) in [7, 11) is 0. The van der Waals surface area contributed by atoms with E-state index >= 15 is 0 Å². The molecule has 0 radical (unpaired) electrons. The van der Waals surface area contributed by atoms with Crippen molar-refractivity contribution in [2.24, 2.45) is 5.73 Å². The van der Waals surface area contributed by atoms with Crippen LogP contribution in [0.25, 0.3) is 12.2 Å². The Morgan fingerprint density at radius 2 is 1.78 bits per heavy atom. The minimum atomic E-state index is -0.0431. The number of hydrogen-bond donors (Lipinski definition) is 2. The zero-order valence-corrected chi connectivity index (χ0v) is 15.6. The molecule has 4 nitrogen and oxygen atoms in total. The Kier molecular flexibility index (Phi) is 11.1. The monoisotopic (exact) mass is 321 g/mol. The van der Waals surface area contributed by atoms with Gasteiger partial charge >= 0.3 is 5.69 Å². The second kappa shape index (κ2) is 11.9. The van der Waals surface area contributed by atoms with E-state index in [1.807, 2.05) is 37.5 Å². The van der Waals surface area contributed by atoms with E-state index in [2.05, 4.69) is 25.4 Å². The molecule has 1 aromatic heterocycles. The summed E-state index contributed by atoms with van der Waals surface area (Å²) in [4.78, 5) is 15.0. The molecule has 23 heavy (non-hydrogen) atoms. The first-order chi connectivity index (χ1) is 11.1. The summed E-state index contributed by atoms with van der Waals surface area (Å²) in [6.07, 6.45) is 10.7. The number of nitrogens with zero attached hydrogens (tertiary/aromatic N) is 1. The van der Waals surface area contributed by atoms with E-state index in [4.69, 9.17) is 5.73 Å². The van der Waals surface area contributed by atoms with E-state index in [0.29, 0.717) is 0 Å². The minimum Gasteiger partial charge on any atom is -0.328 e. The number of H-pyrrole nitrogens is 1. The molecule has 3 N–H and O–H groups in total. The van der Waals surface area contributed by atoms with Gasteiger partial charge in [0.15, 0.2) is 0 Å². The Morgan fingerprint density at radius 1 is 1.26 bits per heavy atom. The summed E-state index contributed by atoms with van der Waals surface area (Å²) in [5.41, 5.74) is 7.59. The zero-order chi connectivity index (χ0) is 17.8. The maximum atomic E-state index is 12.1. The maximum absolute atomic E-state index is 12.1. The molecule has 0 spiro atoms. The average molecular weight is 322 g/mol. The smallest absolute Gasteiger partial charge is 0.326 e. The largest absolute Gasteiger partial charge is 0.328 e. The topological polar surface area (TPSA) is 63.8 Å². The van der Waals surface area contributed by atoms with Crippen molar-refractivity contribution in [2.75, 3.05) is 0 Å². The van der Waals surface area contributed by atoms with Crippen LogP contribution in [0.1, 0.15) is 84.2 Å². The number of aromatic nitrogens is 2. The van der Waals surface area contributed by atoms with Gasteiger partial charge in [0.1, 0.15) is 0 Å². The van der Waals surface area contributed by atoms with Crippen LogP contribution in [0.2, 0.25) is 0 Å². The molecule has 0 saturated heterocycles. The van der Waals surface area contributed by atoms with Crippen molar-refractivity contribution >= 4 is 12.2 Å². The molecule has 1 aromatic rings. The molecule has 1 saturated carbocycles. The SMILES string of the molecule is C=Cc1c(/C=C\C)[nH]c(=O)n1C1CCC(N)CC1.CC.CCC. The summed E-state index contributed by atoms with van der Waals surface area (Å²) < 4.78 is 1.84. The van der Waals surface area contributed by atoms with Crippen LogP contribution in [-0.4, -0.2) is 15.6 Å². The number of hydrogen-bond acceptors (Lipinski definition) is 2. The van der Waals surface area contributed by atoms with Crippen molar-refractivity contribution in [1.29, 1.82) is 0 Å². The van der Waals surface area contributed by atoms with Crippen LogP contribution >= 0.6 is 0 Å². The molecular formula is C19H35N3O. The van der Waals surface area contributed by atoms with E-state index in [1.165, 1.54) is 6.42 Å². The molecule has 0 aromatic carbocycles. The zero-order valence-electron chi connectivity index (χ0n) is 15.6. The molecule has 1 aliphatic carbocycles. The molecule has 0 unspecified atom stereocenters. The third kappa shape index (κ3) is 6.22. The van der Waals surface area contributed by atoms with Crippen molar-refractivity contribution in [3.63, 3.8) is 0 Å². The lowest BCUT2D eigenvalue weighted by Gasteiger charge is -2.27. The Labute approximate surface area is 141 Å². The fourth-order valence-corrected chi connectivity index (χ4v) is 2.70. The minimum absolute atomic E-state index is 0.0431. The van der Waals surface area contributed by atoms with Crippen LogP contribution in [0.4, 0.5) is 0 Å². The molecule has 2 rings (SSSR count). The number of rotatable bonds is 3. The highest BCUT2D eigenvalue weighted by atomic mass is 16.1. The lowest BCUT2D eigenvalue weighted by atomic mass is 9.91. The lowest BCUT2D eigenvalue weighted by Crippen LogP contribution is -2.31. The van der Waals surface area contributed by atoms with Crippen LogP contribution in [0.3, 0.4) is 0 Å². The molecule has 0 aliphatic heterocycles. The molecule has 0 atom stereocenters. The Hall–Kier alpha value is -1.55. The van der Waals surface area contributed by atoms with Gasteiger partial charge < -0.3 is 10.7 Å². The van der Waals surface area contributed by atoms with Gasteiger partial charge in [0, 0.05) is 12.1 Å². The summed E-state index contributed by atoms with van der Waals surface area (Å²) in [6.45, 7) is 14.0. The first kappa shape index (κ1) is 21.4. The van der Waals surface area contributed by atoms with Gasteiger partial charge in [0.25, 0.3) is 0 Å². The highest BCUT2D eigenvalue weighted by Gasteiger charge is 2.23. The number of allylic oxidation sites excluding steroid dienone is 1. The fourth-order valence-electron chi connectivity index (χ4n) is 2.70. The van der Waals surface area contributed by atoms with Gasteiger partial charge in [-0.15, -0.1) is 0 Å². The summed E-state index contributed by atoms with van der Waals surface area (Å²) in [5, 5.41) is 0. The fraction of sp³-hybridized carbons (Fsp3) is 0.632. The molecule has 0 amide bonds. The quantitative estimate of drug-likeness (QED) is 0.844. The van der Waals surface area contributed by atoms with Crippen molar-refractivity contribution in [3.8, 4) is 0 Å². The van der Waals surface area contributed by atoms with Crippen LogP contribution in [-0.2, 0) is 0 Å². The van der Waals surface area contributed by atoms with Crippen molar-refractivity contribution < 1.29 is 0 Å². The number of imidazole rings is 1. The van der Waals surface area contributed by atoms with Crippen molar-refractivity contribution in [3.05, 3.63) is 34.5 Å². The van der Waals surface area contributed by atoms with Crippen LogP contribution < -0.4 is 11.4 Å². The third-order valence-corrected chi connectivity index (χ3v) is 3.63. The summed E-state index contributed by atoms with van der Waals surface area (Å²) in [6, 6.07) is 0.540. The van der Waals surface area contributed by atoms with Gasteiger partial charge in [-0.3, -0.25) is 4.57 Å². The van der Waals surface area contributed by atoms with Gasteiger partial charge in [-0.05, 0) is 44.8 Å². The Balaban J connectivity index is 0.000000868. The number of nitrogens with one attached hydrogen (secondary N) is 1. The van der Waals surface area contributed by atoms with E-state index in [0.717, 1.165) is 37.1 Å². The Bertz CT molecular complexity index is 517.